The second-order valence-electron chi connectivity index (χ2n) is 4.15. The summed E-state index contributed by atoms with van der Waals surface area (Å²) in [5.41, 5.74) is 1.34. The van der Waals surface area contributed by atoms with Gasteiger partial charge in [0.25, 0.3) is 0 Å². The van der Waals surface area contributed by atoms with E-state index in [4.69, 9.17) is 4.74 Å². The zero-order chi connectivity index (χ0) is 10.1. The quantitative estimate of drug-likeness (QED) is 0.768. The molecule has 1 aliphatic rings. The van der Waals surface area contributed by atoms with Gasteiger partial charge in [-0.25, -0.2) is 0 Å². The van der Waals surface area contributed by atoms with E-state index < -0.39 is 0 Å². The van der Waals surface area contributed by atoms with E-state index in [1.165, 1.54) is 22.0 Å². The van der Waals surface area contributed by atoms with Gasteiger partial charge in [0.05, 0.1) is 6.10 Å². The highest BCUT2D eigenvalue weighted by Gasteiger charge is 2.24. The molecule has 0 bridgehead atoms. The summed E-state index contributed by atoms with van der Waals surface area (Å²) in [6.07, 6.45) is 2.94. The van der Waals surface area contributed by atoms with Gasteiger partial charge < -0.3 is 4.74 Å². The largest absolute Gasteiger partial charge is 0.490 e. The Bertz CT molecular complexity index is 329. The third-order valence-electron chi connectivity index (χ3n) is 2.41. The van der Waals surface area contributed by atoms with Crippen LogP contribution in [0, 0.1) is 3.57 Å². The maximum absolute atomic E-state index is 5.87. The highest BCUT2D eigenvalue weighted by Crippen LogP contribution is 2.33. The zero-order valence-electron chi connectivity index (χ0n) is 8.59. The van der Waals surface area contributed by atoms with Crippen molar-refractivity contribution in [2.45, 2.75) is 38.7 Å². The summed E-state index contributed by atoms with van der Waals surface area (Å²) >= 11 is 2.35. The van der Waals surface area contributed by atoms with Crippen LogP contribution in [-0.4, -0.2) is 6.10 Å². The van der Waals surface area contributed by atoms with Crippen molar-refractivity contribution in [1.29, 1.82) is 0 Å². The molecule has 1 nitrogen and oxygen atoms in total. The van der Waals surface area contributed by atoms with E-state index in [-0.39, 0.29) is 0 Å². The van der Waals surface area contributed by atoms with Crippen molar-refractivity contribution in [3.05, 3.63) is 27.3 Å². The van der Waals surface area contributed by atoms with Crippen LogP contribution < -0.4 is 4.74 Å². The van der Waals surface area contributed by atoms with Gasteiger partial charge in [-0.1, -0.05) is 13.8 Å². The van der Waals surface area contributed by atoms with Crippen LogP contribution in [0.5, 0.6) is 5.75 Å². The van der Waals surface area contributed by atoms with Crippen LogP contribution in [0.4, 0.5) is 0 Å². The predicted octanol–water partition coefficient (Wildman–Crippen LogP) is 3.96. The third-order valence-corrected chi connectivity index (χ3v) is 3.08. The van der Waals surface area contributed by atoms with Gasteiger partial charge in [0.15, 0.2) is 0 Å². The van der Waals surface area contributed by atoms with Gasteiger partial charge >= 0.3 is 0 Å². The fraction of sp³-hybridized carbons (Fsp3) is 0.500. The lowest BCUT2D eigenvalue weighted by atomic mass is 10.0. The van der Waals surface area contributed by atoms with Crippen LogP contribution in [0.25, 0.3) is 0 Å². The van der Waals surface area contributed by atoms with Crippen molar-refractivity contribution >= 4 is 22.6 Å². The first-order chi connectivity index (χ1) is 6.66. The molecule has 76 valence electrons. The lowest BCUT2D eigenvalue weighted by molar-refractivity contribution is 0.299. The molecule has 1 aromatic rings. The maximum Gasteiger partial charge on any atom is 0.123 e. The molecule has 1 fully saturated rings. The fourth-order valence-corrected chi connectivity index (χ4v) is 1.96. The van der Waals surface area contributed by atoms with Crippen LogP contribution in [0.15, 0.2) is 18.2 Å². The van der Waals surface area contributed by atoms with Gasteiger partial charge in [0.1, 0.15) is 5.75 Å². The van der Waals surface area contributed by atoms with Crippen molar-refractivity contribution in [3.63, 3.8) is 0 Å². The molecule has 14 heavy (non-hydrogen) atoms. The first-order valence-electron chi connectivity index (χ1n) is 5.13. The molecular weight excluding hydrogens is 287 g/mol. The number of rotatable bonds is 3. The number of ether oxygens (including phenoxy) is 1. The molecule has 0 spiro atoms. The molecule has 2 heteroatoms. The van der Waals surface area contributed by atoms with Gasteiger partial charge in [-0.2, -0.15) is 0 Å². The Morgan fingerprint density at radius 2 is 2.07 bits per heavy atom. The second-order valence-corrected chi connectivity index (χ2v) is 5.40. The molecule has 0 aliphatic heterocycles. The van der Waals surface area contributed by atoms with Crippen molar-refractivity contribution < 1.29 is 4.74 Å². The summed E-state index contributed by atoms with van der Waals surface area (Å²) in [5.74, 6) is 1.63. The molecule has 0 unspecified atom stereocenters. The smallest absolute Gasteiger partial charge is 0.123 e. The lowest BCUT2D eigenvalue weighted by Crippen LogP contribution is -2.01. The Balaban J connectivity index is 2.26. The molecule has 0 N–H and O–H groups in total. The van der Waals surface area contributed by atoms with Crippen LogP contribution in [0.3, 0.4) is 0 Å². The van der Waals surface area contributed by atoms with E-state index in [1.54, 1.807) is 0 Å². The van der Waals surface area contributed by atoms with Crippen molar-refractivity contribution in [2.24, 2.45) is 0 Å². The Morgan fingerprint density at radius 1 is 1.36 bits per heavy atom. The van der Waals surface area contributed by atoms with Gasteiger partial charge in [-0.05, 0) is 65.1 Å². The van der Waals surface area contributed by atoms with Crippen LogP contribution in [-0.2, 0) is 0 Å². The molecule has 0 amide bonds. The molecule has 0 atom stereocenters. The Morgan fingerprint density at radius 3 is 2.64 bits per heavy atom. The molecule has 0 aromatic heterocycles. The van der Waals surface area contributed by atoms with Gasteiger partial charge in [-0.3, -0.25) is 0 Å². The van der Waals surface area contributed by atoms with Crippen LogP contribution in [0.1, 0.15) is 38.2 Å². The highest BCUT2D eigenvalue weighted by molar-refractivity contribution is 14.1. The third kappa shape index (κ3) is 2.41. The number of hydrogen-bond acceptors (Lipinski definition) is 1. The van der Waals surface area contributed by atoms with E-state index in [9.17, 15) is 0 Å². The van der Waals surface area contributed by atoms with Crippen molar-refractivity contribution in [3.8, 4) is 5.75 Å². The Labute approximate surface area is 99.0 Å². The van der Waals surface area contributed by atoms with Crippen molar-refractivity contribution in [1.82, 2.24) is 0 Å². The minimum absolute atomic E-state index is 0.493. The number of hydrogen-bond donors (Lipinski definition) is 0. The summed E-state index contributed by atoms with van der Waals surface area (Å²) < 4.78 is 7.16. The average Bonchev–Trinajstić information content (AvgIpc) is 2.91. The molecule has 0 saturated heterocycles. The minimum Gasteiger partial charge on any atom is -0.490 e. The lowest BCUT2D eigenvalue weighted by Gasteiger charge is -2.13. The standard InChI is InChI=1S/C12H15IO/c1-8(2)11-7-9(13)3-6-12(11)14-10-4-5-10/h3,6-8,10H,4-5H2,1-2H3. The minimum atomic E-state index is 0.493. The highest BCUT2D eigenvalue weighted by atomic mass is 127. The predicted molar refractivity (Wildman–Crippen MR) is 66.9 cm³/mol. The molecule has 1 saturated carbocycles. The molecule has 0 radical (unpaired) electrons. The van der Waals surface area contributed by atoms with E-state index in [0.29, 0.717) is 12.0 Å². The zero-order valence-corrected chi connectivity index (χ0v) is 10.7. The molecule has 1 aliphatic carbocycles. The molecule has 2 rings (SSSR count). The van der Waals surface area contributed by atoms with Gasteiger partial charge in [0, 0.05) is 3.57 Å². The van der Waals surface area contributed by atoms with E-state index >= 15 is 0 Å². The summed E-state index contributed by atoms with van der Waals surface area (Å²) in [7, 11) is 0. The SMILES string of the molecule is CC(C)c1cc(I)ccc1OC1CC1. The van der Waals surface area contributed by atoms with E-state index in [2.05, 4.69) is 54.6 Å². The van der Waals surface area contributed by atoms with E-state index in [1.807, 2.05) is 0 Å². The summed E-state index contributed by atoms with van der Waals surface area (Å²) in [6.45, 7) is 4.43. The molecule has 1 aromatic carbocycles. The number of halogens is 1. The Kier molecular flexibility index (Phi) is 3.00. The first kappa shape index (κ1) is 10.3. The van der Waals surface area contributed by atoms with E-state index in [0.717, 1.165) is 5.75 Å². The summed E-state index contributed by atoms with van der Waals surface area (Å²) in [5, 5.41) is 0. The first-order valence-corrected chi connectivity index (χ1v) is 6.21. The molecular formula is C12H15IO. The fourth-order valence-electron chi connectivity index (χ4n) is 1.44. The monoisotopic (exact) mass is 302 g/mol. The van der Waals surface area contributed by atoms with Gasteiger partial charge in [0.2, 0.25) is 0 Å². The summed E-state index contributed by atoms with van der Waals surface area (Å²) in [4.78, 5) is 0. The maximum atomic E-state index is 5.87. The average molecular weight is 302 g/mol. The normalized spacial score (nSPS) is 16.0. The Hall–Kier alpha value is -0.250. The van der Waals surface area contributed by atoms with Crippen molar-refractivity contribution in [2.75, 3.05) is 0 Å². The topological polar surface area (TPSA) is 9.23 Å². The molecule has 0 heterocycles. The number of benzene rings is 1. The van der Waals surface area contributed by atoms with Crippen LogP contribution >= 0.6 is 22.6 Å². The second kappa shape index (κ2) is 4.09. The van der Waals surface area contributed by atoms with Crippen LogP contribution in [0.2, 0.25) is 0 Å². The summed E-state index contributed by atoms with van der Waals surface area (Å²) in [6, 6.07) is 6.45. The van der Waals surface area contributed by atoms with Gasteiger partial charge in [-0.15, -0.1) is 0 Å².